The molecule has 2 aromatic heterocycles. The fourth-order valence-corrected chi connectivity index (χ4v) is 5.00. The predicted molar refractivity (Wildman–Crippen MR) is 128 cm³/mol. The molecule has 4 aromatic rings. The van der Waals surface area contributed by atoms with Gasteiger partial charge in [-0.25, -0.2) is 4.68 Å². The van der Waals surface area contributed by atoms with Gasteiger partial charge in [-0.3, -0.25) is 18.9 Å². The highest BCUT2D eigenvalue weighted by atomic mass is 79.9. The molecule has 0 amide bonds. The van der Waals surface area contributed by atoms with Crippen LogP contribution in [-0.4, -0.2) is 48.2 Å². The van der Waals surface area contributed by atoms with Gasteiger partial charge >= 0.3 is 5.97 Å². The first-order valence-electron chi connectivity index (χ1n) is 11.1. The van der Waals surface area contributed by atoms with E-state index in [-0.39, 0.29) is 18.1 Å². The number of hydrogen-bond donors (Lipinski definition) is 1. The Kier molecular flexibility index (Phi) is 5.99. The Balaban J connectivity index is 1.66. The second-order valence-electron chi connectivity index (χ2n) is 8.46. The smallest absolute Gasteiger partial charge is 0.307 e. The van der Waals surface area contributed by atoms with Gasteiger partial charge in [-0.1, -0.05) is 53.0 Å². The number of nitrogens with zero attached hydrogens (tertiary/aromatic N) is 5. The second kappa shape index (κ2) is 9.07. The van der Waals surface area contributed by atoms with E-state index in [1.807, 2.05) is 45.5 Å². The van der Waals surface area contributed by atoms with Crippen LogP contribution < -0.4 is 5.56 Å². The molecule has 3 heterocycles. The van der Waals surface area contributed by atoms with Crippen molar-refractivity contribution in [1.82, 2.24) is 24.1 Å². The summed E-state index contributed by atoms with van der Waals surface area (Å²) in [4.78, 5) is 30.8. The Morgan fingerprint density at radius 3 is 2.48 bits per heavy atom. The third-order valence-corrected chi connectivity index (χ3v) is 6.71. The zero-order valence-corrected chi connectivity index (χ0v) is 19.6. The number of carbonyl (C=O) groups is 1. The molecule has 5 rings (SSSR count). The number of carboxylic acid groups (broad SMARTS) is 1. The van der Waals surface area contributed by atoms with Gasteiger partial charge in [0.2, 0.25) is 5.78 Å². The van der Waals surface area contributed by atoms with E-state index in [0.717, 1.165) is 47.0 Å². The third kappa shape index (κ3) is 4.30. The molecule has 1 atom stereocenters. The monoisotopic (exact) mass is 509 g/mol. The van der Waals surface area contributed by atoms with Crippen LogP contribution in [0.15, 0.2) is 58.1 Å². The van der Waals surface area contributed by atoms with Crippen molar-refractivity contribution in [2.45, 2.75) is 38.3 Å². The van der Waals surface area contributed by atoms with E-state index in [9.17, 15) is 9.59 Å². The van der Waals surface area contributed by atoms with Crippen molar-refractivity contribution in [2.75, 3.05) is 13.1 Å². The van der Waals surface area contributed by atoms with Gasteiger partial charge in [0.1, 0.15) is 12.5 Å². The van der Waals surface area contributed by atoms with Crippen molar-refractivity contribution in [2.24, 2.45) is 0 Å². The maximum atomic E-state index is 12.9. The fraction of sp³-hybridized carbons (Fsp3) is 0.333. The number of benzene rings is 2. The van der Waals surface area contributed by atoms with E-state index in [1.165, 1.54) is 12.8 Å². The van der Waals surface area contributed by atoms with Crippen LogP contribution in [-0.2, 0) is 11.2 Å². The number of aliphatic carboxylic acids is 1. The molecule has 0 spiro atoms. The van der Waals surface area contributed by atoms with Crippen LogP contribution in [0, 0.1) is 0 Å². The van der Waals surface area contributed by atoms with Crippen molar-refractivity contribution in [3.8, 4) is 0 Å². The summed E-state index contributed by atoms with van der Waals surface area (Å²) >= 11 is 3.43. The standard InChI is InChI=1S/C24H24BrN5O3/c25-18-9-10-20-19(14-18)22(33)27-24-29(20)15-26-30(24)23(28-11-3-1-2-4-12-28)17-7-5-16(6-8-17)13-21(31)32/h5-10,14-15,23H,1-4,11-13H2,(H,31,32). The predicted octanol–water partition coefficient (Wildman–Crippen LogP) is 3.86. The number of carboxylic acids is 1. The van der Waals surface area contributed by atoms with Gasteiger partial charge < -0.3 is 5.11 Å². The van der Waals surface area contributed by atoms with Gasteiger partial charge in [0.05, 0.1) is 17.3 Å². The van der Waals surface area contributed by atoms with E-state index >= 15 is 0 Å². The normalized spacial score (nSPS) is 16.2. The van der Waals surface area contributed by atoms with Crippen molar-refractivity contribution in [1.29, 1.82) is 0 Å². The molecule has 1 saturated heterocycles. The van der Waals surface area contributed by atoms with E-state index in [4.69, 9.17) is 10.2 Å². The summed E-state index contributed by atoms with van der Waals surface area (Å²) < 4.78 is 4.50. The molecule has 1 aliphatic rings. The molecule has 0 saturated carbocycles. The van der Waals surface area contributed by atoms with Gasteiger partial charge in [-0.15, -0.1) is 0 Å². The summed E-state index contributed by atoms with van der Waals surface area (Å²) in [6.45, 7) is 1.83. The first kappa shape index (κ1) is 21.8. The summed E-state index contributed by atoms with van der Waals surface area (Å²) in [5, 5.41) is 14.3. The molecular weight excluding hydrogens is 486 g/mol. The minimum Gasteiger partial charge on any atom is -0.481 e. The molecule has 8 nitrogen and oxygen atoms in total. The van der Waals surface area contributed by atoms with E-state index in [1.54, 1.807) is 12.4 Å². The summed E-state index contributed by atoms with van der Waals surface area (Å²) in [6.07, 6.45) is 6.02. The molecule has 1 fully saturated rings. The highest BCUT2D eigenvalue weighted by molar-refractivity contribution is 9.10. The van der Waals surface area contributed by atoms with Crippen molar-refractivity contribution in [3.63, 3.8) is 0 Å². The van der Waals surface area contributed by atoms with E-state index in [0.29, 0.717) is 11.2 Å². The van der Waals surface area contributed by atoms with Crippen LogP contribution >= 0.6 is 15.9 Å². The Bertz CT molecular complexity index is 1370. The molecular formula is C24H24BrN5O3. The average molecular weight is 510 g/mol. The highest BCUT2D eigenvalue weighted by Crippen LogP contribution is 2.28. The summed E-state index contributed by atoms with van der Waals surface area (Å²) in [6, 6.07) is 13.2. The fourth-order valence-electron chi connectivity index (χ4n) is 4.64. The molecule has 1 aliphatic heterocycles. The van der Waals surface area contributed by atoms with Gasteiger partial charge in [-0.2, -0.15) is 10.1 Å². The van der Waals surface area contributed by atoms with Crippen LogP contribution in [0.25, 0.3) is 16.7 Å². The highest BCUT2D eigenvalue weighted by Gasteiger charge is 2.27. The molecule has 33 heavy (non-hydrogen) atoms. The third-order valence-electron chi connectivity index (χ3n) is 6.21. The first-order chi connectivity index (χ1) is 16.0. The lowest BCUT2D eigenvalue weighted by atomic mass is 10.1. The number of hydrogen-bond acceptors (Lipinski definition) is 5. The molecule has 170 valence electrons. The lowest BCUT2D eigenvalue weighted by Gasteiger charge is -2.31. The van der Waals surface area contributed by atoms with Gasteiger partial charge in [0.25, 0.3) is 5.56 Å². The average Bonchev–Trinajstić information content (AvgIpc) is 3.01. The van der Waals surface area contributed by atoms with Crippen LogP contribution in [0.1, 0.15) is 43.0 Å². The maximum Gasteiger partial charge on any atom is 0.307 e. The summed E-state index contributed by atoms with van der Waals surface area (Å²) in [5.74, 6) is -0.370. The van der Waals surface area contributed by atoms with Crippen molar-refractivity contribution < 1.29 is 9.90 Å². The quantitative estimate of drug-likeness (QED) is 0.439. The molecule has 0 aliphatic carbocycles. The number of rotatable bonds is 5. The zero-order chi connectivity index (χ0) is 22.9. The Morgan fingerprint density at radius 1 is 1.06 bits per heavy atom. The maximum absolute atomic E-state index is 12.9. The first-order valence-corrected chi connectivity index (χ1v) is 11.9. The van der Waals surface area contributed by atoms with Gasteiger partial charge in [0.15, 0.2) is 0 Å². The van der Waals surface area contributed by atoms with Gasteiger partial charge in [-0.05, 0) is 42.2 Å². The number of likely N-dealkylation sites (tertiary alicyclic amines) is 1. The van der Waals surface area contributed by atoms with Crippen molar-refractivity contribution in [3.05, 3.63) is 74.7 Å². The number of fused-ring (bicyclic) bond motifs is 3. The van der Waals surface area contributed by atoms with E-state index in [2.05, 4.69) is 25.8 Å². The van der Waals surface area contributed by atoms with Crippen LogP contribution in [0.3, 0.4) is 0 Å². The summed E-state index contributed by atoms with van der Waals surface area (Å²) in [7, 11) is 0. The Morgan fingerprint density at radius 2 is 1.79 bits per heavy atom. The zero-order valence-electron chi connectivity index (χ0n) is 18.0. The van der Waals surface area contributed by atoms with Crippen molar-refractivity contribution >= 4 is 38.6 Å². The largest absolute Gasteiger partial charge is 0.481 e. The van der Waals surface area contributed by atoms with Crippen LogP contribution in [0.4, 0.5) is 0 Å². The lowest BCUT2D eigenvalue weighted by Crippen LogP contribution is -2.35. The van der Waals surface area contributed by atoms with Crippen LogP contribution in [0.5, 0.6) is 0 Å². The Labute approximate surface area is 198 Å². The summed E-state index contributed by atoms with van der Waals surface area (Å²) in [5.41, 5.74) is 2.20. The van der Waals surface area contributed by atoms with Gasteiger partial charge in [0, 0.05) is 17.6 Å². The minimum absolute atomic E-state index is 0.0160. The second-order valence-corrected chi connectivity index (χ2v) is 9.38. The molecule has 2 aromatic carbocycles. The lowest BCUT2D eigenvalue weighted by molar-refractivity contribution is -0.136. The Hall–Kier alpha value is -3.04. The topological polar surface area (TPSA) is 92.7 Å². The minimum atomic E-state index is -0.855. The SMILES string of the molecule is O=C(O)Cc1ccc(C(N2CCCCCC2)n2ncn3c4ccc(Br)cc4c(=O)nc23)cc1. The molecule has 0 bridgehead atoms. The molecule has 9 heteroatoms. The van der Waals surface area contributed by atoms with Crippen LogP contribution in [0.2, 0.25) is 0 Å². The molecule has 1 N–H and O–H groups in total. The molecule has 1 unspecified atom stereocenters. The number of aromatic nitrogens is 4. The number of halogens is 1. The van der Waals surface area contributed by atoms with E-state index < -0.39 is 5.97 Å². The molecule has 0 radical (unpaired) electrons.